The van der Waals surface area contributed by atoms with Crippen LogP contribution in [-0.4, -0.2) is 144 Å². The number of hydrogen-bond donors (Lipinski definition) is 9. The fourth-order valence-electron chi connectivity index (χ4n) is 6.45. The van der Waals surface area contributed by atoms with E-state index in [1.165, 1.54) is 6.92 Å². The highest BCUT2D eigenvalue weighted by Crippen LogP contribution is 2.35. The lowest BCUT2D eigenvalue weighted by Crippen LogP contribution is -2.64. The fourth-order valence-corrected chi connectivity index (χ4v) is 6.45. The molecule has 0 bridgehead atoms. The van der Waals surface area contributed by atoms with Crippen molar-refractivity contribution in [2.45, 2.75) is 144 Å². The van der Waals surface area contributed by atoms with Crippen molar-refractivity contribution in [2.24, 2.45) is 11.8 Å². The Labute approximate surface area is 238 Å². The molecule has 0 aromatic carbocycles. The minimum absolute atomic E-state index is 0.0530. The zero-order chi connectivity index (χ0) is 30.0. The normalized spacial score (nSPS) is 49.5. The molecule has 0 amide bonds. The van der Waals surface area contributed by atoms with E-state index < -0.39 is 92.2 Å². The van der Waals surface area contributed by atoms with Crippen LogP contribution in [0.2, 0.25) is 0 Å². The van der Waals surface area contributed by atoms with Gasteiger partial charge in [0.25, 0.3) is 0 Å². The van der Waals surface area contributed by atoms with Crippen LogP contribution in [-0.2, 0) is 23.7 Å². The Morgan fingerprint density at radius 2 is 1.39 bits per heavy atom. The van der Waals surface area contributed by atoms with E-state index in [4.69, 9.17) is 18.9 Å². The van der Waals surface area contributed by atoms with Crippen LogP contribution in [0.5, 0.6) is 0 Å². The van der Waals surface area contributed by atoms with Gasteiger partial charge in [0.2, 0.25) is 0 Å². The summed E-state index contributed by atoms with van der Waals surface area (Å²) in [5.74, 6) is -0.931. The molecule has 14 heteroatoms. The van der Waals surface area contributed by atoms with Gasteiger partial charge in [-0.1, -0.05) is 0 Å². The van der Waals surface area contributed by atoms with Gasteiger partial charge in [0.15, 0.2) is 12.6 Å². The number of rotatable bonds is 9. The molecule has 41 heavy (non-hydrogen) atoms. The van der Waals surface area contributed by atoms with Gasteiger partial charge in [-0.2, -0.15) is 0 Å². The summed E-state index contributed by atoms with van der Waals surface area (Å²) >= 11 is 0. The third-order valence-corrected chi connectivity index (χ3v) is 9.08. The van der Waals surface area contributed by atoms with E-state index in [1.54, 1.807) is 0 Å². The molecule has 0 spiro atoms. The average Bonchev–Trinajstić information content (AvgIpc) is 2.93. The number of hydrogen-bond acceptors (Lipinski definition) is 14. The molecule has 2 heterocycles. The topological polar surface area (TPSA) is 236 Å². The second kappa shape index (κ2) is 14.3. The lowest BCUT2D eigenvalue weighted by Gasteiger charge is -2.47. The first-order chi connectivity index (χ1) is 19.4. The summed E-state index contributed by atoms with van der Waals surface area (Å²) in [6.07, 6.45) is -14.6. The maximum Gasteiger partial charge on any atom is 0.187 e. The van der Waals surface area contributed by atoms with Crippen LogP contribution in [0.3, 0.4) is 0 Å². The lowest BCUT2D eigenvalue weighted by molar-refractivity contribution is -0.371. The summed E-state index contributed by atoms with van der Waals surface area (Å²) < 4.78 is 22.7. The van der Waals surface area contributed by atoms with Gasteiger partial charge in [0, 0.05) is 19.3 Å². The predicted octanol–water partition coefficient (Wildman–Crippen LogP) is -2.94. The van der Waals surface area contributed by atoms with Crippen molar-refractivity contribution in [3.05, 3.63) is 0 Å². The minimum Gasteiger partial charge on any atom is -0.394 e. The monoisotopic (exact) mass is 594 g/mol. The molecular weight excluding hydrogens is 548 g/mol. The smallest absolute Gasteiger partial charge is 0.187 e. The minimum atomic E-state index is -1.72. The zero-order valence-electron chi connectivity index (χ0n) is 23.2. The first-order valence-electron chi connectivity index (χ1n) is 14.6. The summed E-state index contributed by atoms with van der Waals surface area (Å²) in [6.45, 7) is 0.762. The van der Waals surface area contributed by atoms with E-state index in [2.05, 4.69) is 0 Å². The highest BCUT2D eigenvalue weighted by atomic mass is 16.8. The molecule has 2 aliphatic carbocycles. The van der Waals surface area contributed by atoms with E-state index in [0.29, 0.717) is 25.2 Å². The molecular formula is C27H46O14. The van der Waals surface area contributed by atoms with Crippen molar-refractivity contribution in [3.8, 4) is 0 Å². The number of carbonyl (C=O) groups excluding carboxylic acids is 1. The summed E-state index contributed by atoms with van der Waals surface area (Å²) in [5.41, 5.74) is 0. The summed E-state index contributed by atoms with van der Waals surface area (Å²) in [6, 6.07) is 0. The molecule has 14 nitrogen and oxygen atoms in total. The van der Waals surface area contributed by atoms with Gasteiger partial charge in [-0.05, 0) is 44.9 Å². The molecule has 0 aromatic heterocycles. The van der Waals surface area contributed by atoms with E-state index in [0.717, 1.165) is 12.8 Å². The summed E-state index contributed by atoms with van der Waals surface area (Å²) in [5, 5.41) is 92.6. The maximum atomic E-state index is 12.9. The van der Waals surface area contributed by atoms with E-state index >= 15 is 0 Å². The lowest BCUT2D eigenvalue weighted by atomic mass is 9.77. The molecule has 2 saturated carbocycles. The second-order valence-electron chi connectivity index (χ2n) is 12.1. The van der Waals surface area contributed by atoms with Crippen LogP contribution in [0.25, 0.3) is 0 Å². The van der Waals surface area contributed by atoms with Gasteiger partial charge in [0.05, 0.1) is 43.0 Å². The highest BCUT2D eigenvalue weighted by Gasteiger charge is 2.51. The Morgan fingerprint density at radius 1 is 0.756 bits per heavy atom. The molecule has 2 aliphatic heterocycles. The Kier molecular flexibility index (Phi) is 11.5. The van der Waals surface area contributed by atoms with Crippen molar-refractivity contribution in [1.82, 2.24) is 0 Å². The van der Waals surface area contributed by atoms with Gasteiger partial charge < -0.3 is 64.9 Å². The first-order valence-corrected chi connectivity index (χ1v) is 14.6. The van der Waals surface area contributed by atoms with Gasteiger partial charge in [-0.25, -0.2) is 0 Å². The highest BCUT2D eigenvalue weighted by molar-refractivity contribution is 5.82. The van der Waals surface area contributed by atoms with Gasteiger partial charge in [0.1, 0.15) is 48.5 Å². The SMILES string of the molecule is C[C@@H]1O[C@@H](O[C@H]2[C@H](OC3CC(O)C(C(=O)CCC4CCC(O)CC4)C(O)C3)O[C@H](CO)[C@@H](O)[C@@H]2O)[C@H](O)[C@H](O)[C@H]1O. The van der Waals surface area contributed by atoms with Crippen LogP contribution in [0.1, 0.15) is 58.3 Å². The molecule has 12 atom stereocenters. The van der Waals surface area contributed by atoms with E-state index in [1.807, 2.05) is 0 Å². The Hall–Kier alpha value is -0.850. The number of carbonyl (C=O) groups is 1. The molecule has 0 radical (unpaired) electrons. The van der Waals surface area contributed by atoms with E-state index in [-0.39, 0.29) is 31.1 Å². The van der Waals surface area contributed by atoms with Crippen molar-refractivity contribution in [2.75, 3.05) is 6.61 Å². The molecule has 4 aliphatic rings. The number of Topliss-reactive ketones (excluding diaryl/α,β-unsaturated/α-hetero) is 1. The van der Waals surface area contributed by atoms with Gasteiger partial charge >= 0.3 is 0 Å². The van der Waals surface area contributed by atoms with Gasteiger partial charge in [-0.3, -0.25) is 4.79 Å². The van der Waals surface area contributed by atoms with Crippen LogP contribution in [0, 0.1) is 11.8 Å². The number of ketones is 1. The van der Waals surface area contributed by atoms with Crippen molar-refractivity contribution in [3.63, 3.8) is 0 Å². The van der Waals surface area contributed by atoms with E-state index in [9.17, 15) is 50.8 Å². The molecule has 238 valence electrons. The van der Waals surface area contributed by atoms with Crippen LogP contribution < -0.4 is 0 Å². The summed E-state index contributed by atoms with van der Waals surface area (Å²) in [4.78, 5) is 12.9. The van der Waals surface area contributed by atoms with Crippen molar-refractivity contribution < 1.29 is 69.7 Å². The number of aliphatic hydroxyl groups excluding tert-OH is 9. The molecule has 2 saturated heterocycles. The molecule has 4 fully saturated rings. The quantitative estimate of drug-likeness (QED) is 0.130. The summed E-state index contributed by atoms with van der Waals surface area (Å²) in [7, 11) is 0. The third-order valence-electron chi connectivity index (χ3n) is 9.08. The Morgan fingerprint density at radius 3 is 2.00 bits per heavy atom. The number of ether oxygens (including phenoxy) is 4. The molecule has 2 unspecified atom stereocenters. The molecule has 0 aromatic rings. The van der Waals surface area contributed by atoms with Crippen LogP contribution >= 0.6 is 0 Å². The molecule has 9 N–H and O–H groups in total. The predicted molar refractivity (Wildman–Crippen MR) is 137 cm³/mol. The van der Waals surface area contributed by atoms with Crippen molar-refractivity contribution >= 4 is 5.78 Å². The van der Waals surface area contributed by atoms with Gasteiger partial charge in [-0.15, -0.1) is 0 Å². The van der Waals surface area contributed by atoms with Crippen molar-refractivity contribution in [1.29, 1.82) is 0 Å². The Balaban J connectivity index is 1.38. The number of aliphatic hydroxyl groups is 9. The van der Waals surface area contributed by atoms with Crippen LogP contribution in [0.4, 0.5) is 0 Å². The zero-order valence-corrected chi connectivity index (χ0v) is 23.2. The standard InChI is InChI=1S/C27H46O14/c1-11-20(33)22(35)24(37)26(38-11)41-25-23(36)21(34)18(10-28)40-27(25)39-14-8-16(31)19(17(32)9-14)15(30)7-4-12-2-5-13(29)6-3-12/h11-14,16-29,31-37H,2-10H2,1H3/t11-,12?,13?,14?,16?,17?,18+,19?,20-,21+,22+,23-,24+,25+,26-,27+/m0/s1. The Bertz CT molecular complexity index is 827. The fraction of sp³-hybridized carbons (Fsp3) is 0.963. The first kappa shape index (κ1) is 33.1. The maximum absolute atomic E-state index is 12.9. The second-order valence-corrected chi connectivity index (χ2v) is 12.1. The van der Waals surface area contributed by atoms with Crippen LogP contribution in [0.15, 0.2) is 0 Å². The average molecular weight is 595 g/mol. The largest absolute Gasteiger partial charge is 0.394 e. The third kappa shape index (κ3) is 7.63. The molecule has 4 rings (SSSR count).